The van der Waals surface area contributed by atoms with E-state index in [9.17, 15) is 9.59 Å². The summed E-state index contributed by atoms with van der Waals surface area (Å²) in [6.07, 6.45) is 1.42. The first-order valence-electron chi connectivity index (χ1n) is 7.91. The topological polar surface area (TPSA) is 61.4 Å². The molecule has 5 nitrogen and oxygen atoms in total. The molecule has 0 N–H and O–H groups in total. The minimum absolute atomic E-state index is 0.208. The highest BCUT2D eigenvalue weighted by Gasteiger charge is 2.19. The first kappa shape index (κ1) is 17.2. The lowest BCUT2D eigenvalue weighted by Gasteiger charge is -2.08. The third-order valence-electron chi connectivity index (χ3n) is 4.18. The van der Waals surface area contributed by atoms with E-state index in [2.05, 4.69) is 10.6 Å². The molecular weight excluding hydrogens is 338 g/mol. The van der Waals surface area contributed by atoms with E-state index in [-0.39, 0.29) is 12.4 Å². The zero-order valence-corrected chi connectivity index (χ0v) is 15.2. The van der Waals surface area contributed by atoms with Gasteiger partial charge in [-0.15, -0.1) is 11.3 Å². The average molecular weight is 357 g/mol. The number of Topliss-reactive ketones (excluding diaryl/α,β-unsaturated/α-hetero) is 1. The minimum atomic E-state index is -0.549. The normalized spacial score (nSPS) is 10.8. The van der Waals surface area contributed by atoms with E-state index < -0.39 is 5.97 Å². The van der Waals surface area contributed by atoms with E-state index in [0.717, 1.165) is 17.9 Å². The first-order valence-corrected chi connectivity index (χ1v) is 8.79. The molecule has 0 bridgehead atoms. The van der Waals surface area contributed by atoms with E-state index in [1.54, 1.807) is 18.3 Å². The van der Waals surface area contributed by atoms with Gasteiger partial charge in [0, 0.05) is 21.8 Å². The van der Waals surface area contributed by atoms with Crippen molar-refractivity contribution in [2.24, 2.45) is 0 Å². The molecule has 0 radical (unpaired) electrons. The number of thiophene rings is 1. The van der Waals surface area contributed by atoms with Crippen LogP contribution in [-0.2, 0) is 11.3 Å². The number of hydrogen-bond acceptors (Lipinski definition) is 5. The third-order valence-corrected chi connectivity index (χ3v) is 5.04. The van der Waals surface area contributed by atoms with Crippen LogP contribution in [0.5, 0.6) is 0 Å². The molecule has 3 aromatic rings. The predicted molar refractivity (Wildman–Crippen MR) is 95.4 cm³/mol. The number of furan rings is 1. The lowest BCUT2D eigenvalue weighted by molar-refractivity contribution is 0.0472. The summed E-state index contributed by atoms with van der Waals surface area (Å²) < 4.78 is 12.3. The van der Waals surface area contributed by atoms with Crippen molar-refractivity contribution in [2.45, 2.75) is 27.3 Å². The molecule has 3 rings (SSSR count). The van der Waals surface area contributed by atoms with Crippen LogP contribution < -0.4 is 0 Å². The van der Waals surface area contributed by atoms with Crippen molar-refractivity contribution in [3.63, 3.8) is 0 Å². The van der Waals surface area contributed by atoms with Crippen LogP contribution in [0.1, 0.15) is 42.7 Å². The van der Waals surface area contributed by atoms with Gasteiger partial charge in [-0.1, -0.05) is 6.07 Å². The molecule has 130 valence electrons. The van der Waals surface area contributed by atoms with Crippen LogP contribution in [0.3, 0.4) is 0 Å². The van der Waals surface area contributed by atoms with Gasteiger partial charge < -0.3 is 13.7 Å². The molecule has 0 saturated carbocycles. The molecule has 0 amide bonds. The molecule has 0 fully saturated rings. The van der Waals surface area contributed by atoms with Crippen molar-refractivity contribution in [1.82, 2.24) is 4.57 Å². The van der Waals surface area contributed by atoms with Crippen LogP contribution in [0.4, 0.5) is 0 Å². The molecule has 3 heterocycles. The number of ether oxygens (including phenoxy) is 1. The molecule has 0 unspecified atom stereocenters. The van der Waals surface area contributed by atoms with Crippen LogP contribution in [0.15, 0.2) is 40.3 Å². The maximum atomic E-state index is 12.5. The second-order valence-electron chi connectivity index (χ2n) is 5.84. The fourth-order valence-corrected chi connectivity index (χ4v) is 3.46. The van der Waals surface area contributed by atoms with Gasteiger partial charge in [-0.3, -0.25) is 4.79 Å². The molecule has 6 heteroatoms. The van der Waals surface area contributed by atoms with Crippen LogP contribution >= 0.6 is 11.3 Å². The summed E-state index contributed by atoms with van der Waals surface area (Å²) in [5.41, 5.74) is 2.82. The standard InChI is InChI=1S/C19H19NO4S/c1-12-9-17(13(2)20(12)10-15-5-4-8-25-15)18(21)11-24-19(22)16-6-7-23-14(16)3/h4-9H,10-11H2,1-3H3. The number of carbonyl (C=O) groups is 2. The Hall–Kier alpha value is -2.60. The lowest BCUT2D eigenvalue weighted by Crippen LogP contribution is -2.15. The Morgan fingerprint density at radius 3 is 2.64 bits per heavy atom. The molecule has 0 aliphatic rings. The number of aromatic nitrogens is 1. The number of nitrogens with zero attached hydrogens (tertiary/aromatic N) is 1. The minimum Gasteiger partial charge on any atom is -0.469 e. The van der Waals surface area contributed by atoms with Gasteiger partial charge in [-0.2, -0.15) is 0 Å². The Balaban J connectivity index is 1.70. The molecule has 0 aliphatic heterocycles. The van der Waals surface area contributed by atoms with Crippen LogP contribution in [0.2, 0.25) is 0 Å². The van der Waals surface area contributed by atoms with Crippen LogP contribution in [0.25, 0.3) is 0 Å². The van der Waals surface area contributed by atoms with Crippen molar-refractivity contribution >= 4 is 23.1 Å². The molecule has 0 spiro atoms. The molecular formula is C19H19NO4S. The SMILES string of the molecule is Cc1occc1C(=O)OCC(=O)c1cc(C)n(Cc2cccs2)c1C. The van der Waals surface area contributed by atoms with Gasteiger partial charge in [0.15, 0.2) is 6.61 Å². The highest BCUT2D eigenvalue weighted by molar-refractivity contribution is 7.09. The quantitative estimate of drug-likeness (QED) is 0.491. The number of esters is 1. The van der Waals surface area contributed by atoms with Gasteiger partial charge in [-0.25, -0.2) is 4.79 Å². The molecule has 0 aromatic carbocycles. The largest absolute Gasteiger partial charge is 0.469 e. The van der Waals surface area contributed by atoms with Crippen molar-refractivity contribution < 1.29 is 18.7 Å². The highest BCUT2D eigenvalue weighted by Crippen LogP contribution is 2.20. The average Bonchev–Trinajstić information content (AvgIpc) is 3.30. The Morgan fingerprint density at radius 1 is 1.20 bits per heavy atom. The van der Waals surface area contributed by atoms with Crippen molar-refractivity contribution in [3.05, 3.63) is 69.1 Å². The zero-order chi connectivity index (χ0) is 18.0. The van der Waals surface area contributed by atoms with E-state index in [0.29, 0.717) is 16.9 Å². The fourth-order valence-electron chi connectivity index (χ4n) is 2.77. The third kappa shape index (κ3) is 3.58. The summed E-state index contributed by atoms with van der Waals surface area (Å²) in [7, 11) is 0. The second-order valence-corrected chi connectivity index (χ2v) is 6.87. The van der Waals surface area contributed by atoms with Gasteiger partial charge >= 0.3 is 5.97 Å². The lowest BCUT2D eigenvalue weighted by atomic mass is 10.1. The van der Waals surface area contributed by atoms with Gasteiger partial charge in [-0.05, 0) is 44.4 Å². The van der Waals surface area contributed by atoms with Gasteiger partial charge in [0.25, 0.3) is 0 Å². The summed E-state index contributed by atoms with van der Waals surface area (Å²) in [4.78, 5) is 25.7. The summed E-state index contributed by atoms with van der Waals surface area (Å²) >= 11 is 1.68. The van der Waals surface area contributed by atoms with E-state index in [1.165, 1.54) is 17.2 Å². The van der Waals surface area contributed by atoms with E-state index >= 15 is 0 Å². The van der Waals surface area contributed by atoms with Crippen molar-refractivity contribution in [1.29, 1.82) is 0 Å². The van der Waals surface area contributed by atoms with Crippen LogP contribution in [0, 0.1) is 20.8 Å². The molecule has 0 saturated heterocycles. The predicted octanol–water partition coefficient (Wildman–Crippen LogP) is 4.16. The first-order chi connectivity index (χ1) is 12.0. The molecule has 0 atom stereocenters. The highest BCUT2D eigenvalue weighted by atomic mass is 32.1. The number of aryl methyl sites for hydroxylation is 2. The molecule has 3 aromatic heterocycles. The van der Waals surface area contributed by atoms with Crippen molar-refractivity contribution in [2.75, 3.05) is 6.61 Å². The summed E-state index contributed by atoms with van der Waals surface area (Å²) in [6.45, 7) is 6.01. The van der Waals surface area contributed by atoms with Gasteiger partial charge in [0.05, 0.1) is 12.8 Å². The second kappa shape index (κ2) is 7.11. The summed E-state index contributed by atoms with van der Waals surface area (Å²) in [5, 5.41) is 2.03. The van der Waals surface area contributed by atoms with Gasteiger partial charge in [0.2, 0.25) is 5.78 Å². The Kier molecular flexibility index (Phi) is 4.90. The van der Waals surface area contributed by atoms with Crippen LogP contribution in [-0.4, -0.2) is 22.9 Å². The molecule has 25 heavy (non-hydrogen) atoms. The van der Waals surface area contributed by atoms with E-state index in [4.69, 9.17) is 9.15 Å². The maximum absolute atomic E-state index is 12.5. The molecule has 0 aliphatic carbocycles. The Morgan fingerprint density at radius 2 is 2.00 bits per heavy atom. The monoisotopic (exact) mass is 357 g/mol. The Labute approximate surface area is 149 Å². The fraction of sp³-hybridized carbons (Fsp3) is 0.263. The Bertz CT molecular complexity index is 902. The number of ketones is 1. The van der Waals surface area contributed by atoms with Crippen molar-refractivity contribution in [3.8, 4) is 0 Å². The summed E-state index contributed by atoms with van der Waals surface area (Å²) in [5.74, 6) is -0.279. The smallest absolute Gasteiger partial charge is 0.342 e. The number of rotatable bonds is 6. The number of hydrogen-bond donors (Lipinski definition) is 0. The number of carbonyl (C=O) groups excluding carboxylic acids is 2. The van der Waals surface area contributed by atoms with E-state index in [1.807, 2.05) is 31.4 Å². The maximum Gasteiger partial charge on any atom is 0.342 e. The van der Waals surface area contributed by atoms with Gasteiger partial charge in [0.1, 0.15) is 11.3 Å². The zero-order valence-electron chi connectivity index (χ0n) is 14.4. The summed E-state index contributed by atoms with van der Waals surface area (Å²) in [6, 6.07) is 7.47.